The third kappa shape index (κ3) is 1.86. The molecule has 0 bridgehead atoms. The van der Waals surface area contributed by atoms with Crippen molar-refractivity contribution in [2.75, 3.05) is 0 Å². The van der Waals surface area contributed by atoms with Crippen molar-refractivity contribution in [1.82, 2.24) is 0 Å². The van der Waals surface area contributed by atoms with E-state index in [2.05, 4.69) is 13.5 Å². The second-order valence-electron chi connectivity index (χ2n) is 5.63. The maximum Gasteiger partial charge on any atom is 0.162 e. The molecule has 0 aliphatic heterocycles. The van der Waals surface area contributed by atoms with Crippen molar-refractivity contribution in [2.45, 2.75) is 45.6 Å². The molecule has 0 spiro atoms. The summed E-state index contributed by atoms with van der Waals surface area (Å²) in [5.41, 5.74) is 2.19. The maximum atomic E-state index is 11.9. The van der Waals surface area contributed by atoms with Gasteiger partial charge in [-0.25, -0.2) is 0 Å². The fourth-order valence-corrected chi connectivity index (χ4v) is 3.08. The van der Waals surface area contributed by atoms with Crippen LogP contribution < -0.4 is 0 Å². The van der Waals surface area contributed by atoms with Gasteiger partial charge in [0.25, 0.3) is 0 Å². The highest BCUT2D eigenvalue weighted by Gasteiger charge is 2.42. The number of aliphatic hydroxyl groups is 1. The van der Waals surface area contributed by atoms with E-state index in [-0.39, 0.29) is 23.2 Å². The van der Waals surface area contributed by atoms with Crippen LogP contribution in [0.1, 0.15) is 39.5 Å². The van der Waals surface area contributed by atoms with E-state index in [1.165, 1.54) is 5.57 Å². The Bertz CT molecular complexity index is 367. The van der Waals surface area contributed by atoms with Gasteiger partial charge in [-0.05, 0) is 44.1 Å². The number of aliphatic hydroxyl groups excluding tert-OH is 1. The molecule has 2 unspecified atom stereocenters. The van der Waals surface area contributed by atoms with Crippen molar-refractivity contribution in [1.29, 1.82) is 0 Å². The van der Waals surface area contributed by atoms with Crippen molar-refractivity contribution in [3.8, 4) is 0 Å². The number of carbonyl (C=O) groups excluding carboxylic acids is 1. The highest BCUT2D eigenvalue weighted by atomic mass is 16.3. The molecule has 2 heteroatoms. The predicted octanol–water partition coefficient (Wildman–Crippen LogP) is 2.63. The van der Waals surface area contributed by atoms with Crippen molar-refractivity contribution in [3.63, 3.8) is 0 Å². The Labute approximate surface area is 97.0 Å². The van der Waals surface area contributed by atoms with Crippen molar-refractivity contribution in [3.05, 3.63) is 23.8 Å². The van der Waals surface area contributed by atoms with E-state index in [0.29, 0.717) is 0 Å². The molecular formula is C14H20O2. The van der Waals surface area contributed by atoms with E-state index in [0.717, 1.165) is 31.3 Å². The largest absolute Gasteiger partial charge is 0.393 e. The van der Waals surface area contributed by atoms with Gasteiger partial charge in [0.2, 0.25) is 0 Å². The van der Waals surface area contributed by atoms with Crippen LogP contribution >= 0.6 is 0 Å². The number of rotatable bonds is 1. The Morgan fingerprint density at radius 3 is 2.88 bits per heavy atom. The van der Waals surface area contributed by atoms with Gasteiger partial charge in [-0.15, -0.1) is 0 Å². The zero-order valence-electron chi connectivity index (χ0n) is 10.1. The Morgan fingerprint density at radius 1 is 1.56 bits per heavy atom. The van der Waals surface area contributed by atoms with Crippen molar-refractivity contribution in [2.24, 2.45) is 11.3 Å². The second-order valence-corrected chi connectivity index (χ2v) is 5.63. The smallest absolute Gasteiger partial charge is 0.162 e. The van der Waals surface area contributed by atoms with Gasteiger partial charge >= 0.3 is 0 Å². The number of hydrogen-bond acceptors (Lipinski definition) is 2. The lowest BCUT2D eigenvalue weighted by atomic mass is 9.61. The highest BCUT2D eigenvalue weighted by Crippen LogP contribution is 2.49. The molecule has 2 aliphatic rings. The molecule has 2 rings (SSSR count). The Balaban J connectivity index is 2.32. The Morgan fingerprint density at radius 2 is 2.25 bits per heavy atom. The van der Waals surface area contributed by atoms with Crippen LogP contribution in [0, 0.1) is 11.3 Å². The summed E-state index contributed by atoms with van der Waals surface area (Å²) in [4.78, 5) is 11.9. The molecule has 2 aliphatic carbocycles. The summed E-state index contributed by atoms with van der Waals surface area (Å²) in [6.45, 7) is 8.00. The molecule has 0 aromatic carbocycles. The predicted molar refractivity (Wildman–Crippen MR) is 64.0 cm³/mol. The summed E-state index contributed by atoms with van der Waals surface area (Å²) < 4.78 is 0. The van der Waals surface area contributed by atoms with Gasteiger partial charge in [0.05, 0.1) is 6.10 Å². The fraction of sp³-hybridized carbons (Fsp3) is 0.643. The molecule has 0 aromatic rings. The van der Waals surface area contributed by atoms with Gasteiger partial charge in [0.1, 0.15) is 0 Å². The average Bonchev–Trinajstić information content (AvgIpc) is 2.17. The zero-order chi connectivity index (χ0) is 11.9. The van der Waals surface area contributed by atoms with Gasteiger partial charge in [-0.2, -0.15) is 0 Å². The Kier molecular flexibility index (Phi) is 2.79. The van der Waals surface area contributed by atoms with Gasteiger partial charge in [-0.3, -0.25) is 4.79 Å². The lowest BCUT2D eigenvalue weighted by molar-refractivity contribution is -0.119. The molecule has 0 heterocycles. The van der Waals surface area contributed by atoms with Crippen LogP contribution in [-0.2, 0) is 4.79 Å². The van der Waals surface area contributed by atoms with Gasteiger partial charge < -0.3 is 5.11 Å². The zero-order valence-corrected chi connectivity index (χ0v) is 10.1. The first-order valence-corrected chi connectivity index (χ1v) is 6.01. The average molecular weight is 220 g/mol. The third-order valence-corrected chi connectivity index (χ3v) is 4.12. The first-order valence-electron chi connectivity index (χ1n) is 6.01. The minimum atomic E-state index is -0.207. The lowest BCUT2D eigenvalue weighted by Gasteiger charge is -2.43. The van der Waals surface area contributed by atoms with Crippen LogP contribution in [-0.4, -0.2) is 17.0 Å². The monoisotopic (exact) mass is 220 g/mol. The minimum Gasteiger partial charge on any atom is -0.393 e. The molecule has 0 amide bonds. The van der Waals surface area contributed by atoms with Crippen LogP contribution in [0.2, 0.25) is 0 Å². The molecule has 0 aromatic heterocycles. The summed E-state index contributed by atoms with van der Waals surface area (Å²) in [6.07, 6.45) is 4.88. The molecule has 0 radical (unpaired) electrons. The number of allylic oxidation sites excluding steroid dienone is 3. The van der Waals surface area contributed by atoms with Crippen LogP contribution in [0.4, 0.5) is 0 Å². The fourth-order valence-electron chi connectivity index (χ4n) is 3.08. The van der Waals surface area contributed by atoms with Crippen molar-refractivity contribution >= 4 is 5.78 Å². The summed E-state index contributed by atoms with van der Waals surface area (Å²) in [5, 5.41) is 9.77. The van der Waals surface area contributed by atoms with Gasteiger partial charge in [-0.1, -0.05) is 24.6 Å². The van der Waals surface area contributed by atoms with E-state index in [1.54, 1.807) is 0 Å². The molecule has 2 nitrogen and oxygen atoms in total. The number of ketones is 1. The number of carbonyl (C=O) groups is 1. The quantitative estimate of drug-likeness (QED) is 0.690. The summed E-state index contributed by atoms with van der Waals surface area (Å²) >= 11 is 0. The van der Waals surface area contributed by atoms with Gasteiger partial charge in [0, 0.05) is 5.92 Å². The van der Waals surface area contributed by atoms with Crippen LogP contribution in [0.15, 0.2) is 23.8 Å². The van der Waals surface area contributed by atoms with Crippen LogP contribution in [0.3, 0.4) is 0 Å². The molecule has 88 valence electrons. The topological polar surface area (TPSA) is 37.3 Å². The number of hydrogen-bond donors (Lipinski definition) is 1. The Hall–Kier alpha value is -0.890. The van der Waals surface area contributed by atoms with Crippen LogP contribution in [0.5, 0.6) is 0 Å². The summed E-state index contributed by atoms with van der Waals surface area (Å²) in [7, 11) is 0. The minimum absolute atomic E-state index is 0.00912. The van der Waals surface area contributed by atoms with Crippen molar-refractivity contribution < 1.29 is 9.90 Å². The maximum absolute atomic E-state index is 11.9. The van der Waals surface area contributed by atoms with E-state index < -0.39 is 0 Å². The molecule has 0 saturated heterocycles. The normalized spacial score (nSPS) is 38.9. The SMILES string of the molecule is C=C(C)C1C[C@]2(C)CC(O)CCC2=CC1=O. The standard InChI is InChI=1S/C14H20O2/c1-9(2)12-8-14(3)7-11(15)5-4-10(14)6-13(12)16/h6,11-12,15H,1,4-5,7-8H2,2-3H3/t11?,12?,14-/m0/s1. The molecule has 1 saturated carbocycles. The van der Waals surface area contributed by atoms with E-state index in [1.807, 2.05) is 13.0 Å². The summed E-state index contributed by atoms with van der Waals surface area (Å²) in [6, 6.07) is 0. The number of fused-ring (bicyclic) bond motifs is 1. The third-order valence-electron chi connectivity index (χ3n) is 4.12. The first-order chi connectivity index (χ1) is 7.42. The second kappa shape index (κ2) is 3.85. The molecule has 16 heavy (non-hydrogen) atoms. The molecule has 1 fully saturated rings. The molecule has 1 N–H and O–H groups in total. The first kappa shape index (κ1) is 11.6. The van der Waals surface area contributed by atoms with Crippen LogP contribution in [0.25, 0.3) is 0 Å². The molecule has 3 atom stereocenters. The molecular weight excluding hydrogens is 200 g/mol. The lowest BCUT2D eigenvalue weighted by Crippen LogP contribution is -2.38. The van der Waals surface area contributed by atoms with E-state index in [9.17, 15) is 9.90 Å². The summed E-state index contributed by atoms with van der Waals surface area (Å²) in [5.74, 6) is 0.162. The van der Waals surface area contributed by atoms with Gasteiger partial charge in [0.15, 0.2) is 5.78 Å². The van der Waals surface area contributed by atoms with E-state index >= 15 is 0 Å². The van der Waals surface area contributed by atoms with E-state index in [4.69, 9.17) is 0 Å². The highest BCUT2D eigenvalue weighted by molar-refractivity contribution is 5.95.